The fraction of sp³-hybridized carbons (Fsp3) is 0.167. The van der Waals surface area contributed by atoms with Gasteiger partial charge in [0, 0.05) is 26.2 Å². The first-order valence-corrected chi connectivity index (χ1v) is 14.9. The number of benzene rings is 4. The highest BCUT2D eigenvalue weighted by molar-refractivity contribution is 5.85. The second-order valence-corrected chi connectivity index (χ2v) is 11.4. The number of fused-ring (bicyclic) bond motifs is 2. The predicted octanol–water partition coefficient (Wildman–Crippen LogP) is 5.22. The zero-order valence-electron chi connectivity index (χ0n) is 24.5. The van der Waals surface area contributed by atoms with Crippen LogP contribution in [0.25, 0.3) is 21.9 Å². The minimum Gasteiger partial charge on any atom is -0.508 e. The molecule has 0 radical (unpaired) electrons. The van der Waals surface area contributed by atoms with E-state index < -0.39 is 23.3 Å². The van der Waals surface area contributed by atoms with Gasteiger partial charge in [-0.2, -0.15) is 0 Å². The van der Waals surface area contributed by atoms with Crippen molar-refractivity contribution in [1.29, 1.82) is 0 Å². The summed E-state index contributed by atoms with van der Waals surface area (Å²) < 4.78 is 11.3. The van der Waals surface area contributed by atoms with Crippen molar-refractivity contribution in [2.75, 3.05) is 26.2 Å². The summed E-state index contributed by atoms with van der Waals surface area (Å²) in [6, 6.07) is 25.0. The molecule has 0 amide bonds. The van der Waals surface area contributed by atoms with Crippen molar-refractivity contribution in [1.82, 2.24) is 9.80 Å². The van der Waals surface area contributed by atoms with Gasteiger partial charge < -0.3 is 29.3 Å². The number of piperazine rings is 1. The van der Waals surface area contributed by atoms with E-state index in [1.807, 2.05) is 9.80 Å². The Kier molecular flexibility index (Phi) is 7.44. The number of hydrogen-bond acceptors (Lipinski definition) is 10. The van der Waals surface area contributed by atoms with Crippen LogP contribution in [0, 0.1) is 0 Å². The summed E-state index contributed by atoms with van der Waals surface area (Å²) in [5.74, 6) is -0.376. The third-order valence-electron chi connectivity index (χ3n) is 8.64. The van der Waals surface area contributed by atoms with Gasteiger partial charge in [0.1, 0.15) is 45.3 Å². The molecule has 4 N–H and O–H groups in total. The van der Waals surface area contributed by atoms with Gasteiger partial charge >= 0.3 is 11.3 Å². The molecule has 1 aliphatic rings. The van der Waals surface area contributed by atoms with Gasteiger partial charge in [0.25, 0.3) is 0 Å². The fourth-order valence-corrected chi connectivity index (χ4v) is 6.54. The normalized spacial score (nSPS) is 15.7. The van der Waals surface area contributed by atoms with Crippen molar-refractivity contribution in [2.24, 2.45) is 0 Å². The van der Waals surface area contributed by atoms with Crippen LogP contribution in [-0.2, 0) is 0 Å². The average Bonchev–Trinajstić information content (AvgIpc) is 3.05. The Morgan fingerprint density at radius 1 is 0.522 bits per heavy atom. The monoisotopic (exact) mass is 618 g/mol. The minimum atomic E-state index is -0.770. The molecule has 1 fully saturated rings. The number of para-hydroxylation sites is 2. The van der Waals surface area contributed by atoms with E-state index in [0.717, 1.165) is 0 Å². The topological polar surface area (TPSA) is 148 Å². The van der Waals surface area contributed by atoms with E-state index in [1.54, 1.807) is 84.9 Å². The molecular formula is C36H30N2O8. The lowest BCUT2D eigenvalue weighted by molar-refractivity contribution is 0.0864. The minimum absolute atomic E-state index is 0.00764. The Bertz CT molecular complexity index is 2040. The van der Waals surface area contributed by atoms with E-state index in [2.05, 4.69) is 0 Å². The van der Waals surface area contributed by atoms with Crippen LogP contribution in [-0.4, -0.2) is 56.4 Å². The van der Waals surface area contributed by atoms with Crippen molar-refractivity contribution in [2.45, 2.75) is 12.1 Å². The van der Waals surface area contributed by atoms with Gasteiger partial charge in [0.05, 0.1) is 22.9 Å². The van der Waals surface area contributed by atoms with Crippen LogP contribution in [0.2, 0.25) is 0 Å². The lowest BCUT2D eigenvalue weighted by Crippen LogP contribution is -2.50. The molecule has 232 valence electrons. The summed E-state index contributed by atoms with van der Waals surface area (Å²) in [4.78, 5) is 30.9. The van der Waals surface area contributed by atoms with E-state index in [4.69, 9.17) is 8.83 Å². The predicted molar refractivity (Wildman–Crippen MR) is 171 cm³/mol. The molecule has 0 saturated carbocycles. The van der Waals surface area contributed by atoms with Gasteiger partial charge in [0.15, 0.2) is 0 Å². The number of hydrogen-bond donors (Lipinski definition) is 4. The molecule has 10 heteroatoms. The molecule has 0 bridgehead atoms. The first kappa shape index (κ1) is 29.1. The van der Waals surface area contributed by atoms with Crippen molar-refractivity contribution in [3.05, 3.63) is 140 Å². The molecule has 3 heterocycles. The van der Waals surface area contributed by atoms with E-state index in [-0.39, 0.29) is 45.3 Å². The molecule has 0 spiro atoms. The summed E-state index contributed by atoms with van der Waals surface area (Å²) in [5.41, 5.74) is 0.414. The third kappa shape index (κ3) is 5.13. The Labute approximate surface area is 262 Å². The molecule has 10 nitrogen and oxygen atoms in total. The Hall–Kier alpha value is -5.58. The smallest absolute Gasteiger partial charge is 0.345 e. The fourth-order valence-electron chi connectivity index (χ4n) is 6.54. The van der Waals surface area contributed by atoms with Gasteiger partial charge in [-0.1, -0.05) is 48.5 Å². The van der Waals surface area contributed by atoms with Crippen LogP contribution < -0.4 is 11.3 Å². The second-order valence-electron chi connectivity index (χ2n) is 11.4. The lowest BCUT2D eigenvalue weighted by atomic mass is 9.93. The van der Waals surface area contributed by atoms with Crippen molar-refractivity contribution >= 4 is 21.9 Å². The molecule has 2 unspecified atom stereocenters. The number of aromatic hydroxyl groups is 4. The first-order valence-electron chi connectivity index (χ1n) is 14.9. The number of rotatable bonds is 6. The van der Waals surface area contributed by atoms with Gasteiger partial charge in [-0.15, -0.1) is 0 Å². The molecule has 0 aliphatic carbocycles. The molecule has 46 heavy (non-hydrogen) atoms. The highest BCUT2D eigenvalue weighted by Crippen LogP contribution is 2.40. The highest BCUT2D eigenvalue weighted by Gasteiger charge is 2.36. The highest BCUT2D eigenvalue weighted by atomic mass is 16.4. The standard InChI is InChI=1S/C36H30N2O8/c39-23-9-5-7-21(19-23)31(29-33(41)25-11-1-3-13-27(25)45-35(29)43)37-15-17-38(18-16-37)32(22-8-6-10-24(40)20-22)30-34(42)26-12-2-4-14-28(26)46-36(30)44/h1-14,19-20,31-32,39-42H,15-18H2. The Balaban J connectivity index is 1.30. The second kappa shape index (κ2) is 11.7. The van der Waals surface area contributed by atoms with E-state index in [1.165, 1.54) is 12.1 Å². The van der Waals surface area contributed by atoms with Crippen LogP contribution >= 0.6 is 0 Å². The summed E-state index contributed by atoms with van der Waals surface area (Å²) in [6.07, 6.45) is 0. The zero-order chi connectivity index (χ0) is 31.9. The third-order valence-corrected chi connectivity index (χ3v) is 8.64. The summed E-state index contributed by atoms with van der Waals surface area (Å²) in [5, 5.41) is 44.3. The molecule has 2 atom stereocenters. The zero-order valence-corrected chi connectivity index (χ0v) is 24.5. The molecule has 2 aromatic heterocycles. The van der Waals surface area contributed by atoms with Crippen molar-refractivity contribution < 1.29 is 29.3 Å². The van der Waals surface area contributed by atoms with Crippen molar-refractivity contribution in [3.8, 4) is 23.0 Å². The summed E-state index contributed by atoms with van der Waals surface area (Å²) >= 11 is 0. The number of phenols is 2. The summed E-state index contributed by atoms with van der Waals surface area (Å²) in [7, 11) is 0. The van der Waals surface area contributed by atoms with E-state index in [9.17, 15) is 30.0 Å². The maximum Gasteiger partial charge on any atom is 0.345 e. The first-order chi connectivity index (χ1) is 22.3. The lowest BCUT2D eigenvalue weighted by Gasteiger charge is -2.42. The Morgan fingerprint density at radius 3 is 1.30 bits per heavy atom. The van der Waals surface area contributed by atoms with Crippen LogP contribution in [0.4, 0.5) is 0 Å². The number of nitrogens with zero attached hydrogens (tertiary/aromatic N) is 2. The van der Waals surface area contributed by atoms with E-state index >= 15 is 0 Å². The molecule has 6 aromatic rings. The molecule has 4 aromatic carbocycles. The molecule has 1 aliphatic heterocycles. The van der Waals surface area contributed by atoms with Gasteiger partial charge in [-0.3, -0.25) is 9.80 Å². The molecular weight excluding hydrogens is 588 g/mol. The largest absolute Gasteiger partial charge is 0.508 e. The SMILES string of the molecule is O=c1oc2ccccc2c(O)c1C(c1cccc(O)c1)N1CCN(C(c2cccc(O)c2)c2c(O)c3ccccc3oc2=O)CC1. The molecule has 1 saturated heterocycles. The Morgan fingerprint density at radius 2 is 0.913 bits per heavy atom. The van der Waals surface area contributed by atoms with Crippen LogP contribution in [0.3, 0.4) is 0 Å². The number of phenolic OH excluding ortho intramolecular Hbond substituents is 2. The average molecular weight is 619 g/mol. The quantitative estimate of drug-likeness (QED) is 0.183. The van der Waals surface area contributed by atoms with E-state index in [0.29, 0.717) is 48.1 Å². The van der Waals surface area contributed by atoms with Crippen LogP contribution in [0.1, 0.15) is 34.3 Å². The van der Waals surface area contributed by atoms with Gasteiger partial charge in [-0.05, 0) is 59.7 Å². The van der Waals surface area contributed by atoms with Gasteiger partial charge in [0.2, 0.25) is 0 Å². The maximum atomic E-state index is 13.4. The van der Waals surface area contributed by atoms with Gasteiger partial charge in [-0.25, -0.2) is 9.59 Å². The van der Waals surface area contributed by atoms with Crippen LogP contribution in [0.5, 0.6) is 23.0 Å². The van der Waals surface area contributed by atoms with Crippen LogP contribution in [0.15, 0.2) is 115 Å². The maximum absolute atomic E-state index is 13.4. The van der Waals surface area contributed by atoms with Crippen molar-refractivity contribution in [3.63, 3.8) is 0 Å². The summed E-state index contributed by atoms with van der Waals surface area (Å²) in [6.45, 7) is 1.45. The molecule has 7 rings (SSSR count).